The van der Waals surface area contributed by atoms with Gasteiger partial charge in [0, 0.05) is 13.0 Å². The molecule has 0 heterocycles. The van der Waals surface area contributed by atoms with E-state index in [1.54, 1.807) is 0 Å². The van der Waals surface area contributed by atoms with E-state index in [0.717, 1.165) is 25.7 Å². The minimum absolute atomic E-state index is 0.169. The quantitative estimate of drug-likeness (QED) is 0.0376. The zero-order valence-electron chi connectivity index (χ0n) is 41.4. The normalized spacial score (nSPS) is 12.5. The smallest absolute Gasteiger partial charge is 0.306 e. The number of hydrogen-bond donors (Lipinski definition) is 1. The summed E-state index contributed by atoms with van der Waals surface area (Å²) in [5.74, 6) is -0.196. The van der Waals surface area contributed by atoms with E-state index in [4.69, 9.17) is 9.47 Å². The number of hydrogen-bond acceptors (Lipinski definition) is 4. The molecule has 0 aliphatic heterocycles. The van der Waals surface area contributed by atoms with Crippen molar-refractivity contribution in [2.45, 2.75) is 302 Å². The van der Waals surface area contributed by atoms with Gasteiger partial charge in [-0.05, 0) is 70.6 Å². The van der Waals surface area contributed by atoms with Crippen LogP contribution in [0.3, 0.4) is 0 Å². The van der Waals surface area contributed by atoms with Crippen LogP contribution in [0.15, 0.2) is 36.5 Å². The van der Waals surface area contributed by atoms with E-state index in [2.05, 4.69) is 50.3 Å². The van der Waals surface area contributed by atoms with E-state index in [-0.39, 0.29) is 12.6 Å². The fourth-order valence-electron chi connectivity index (χ4n) is 8.30. The van der Waals surface area contributed by atoms with E-state index >= 15 is 0 Å². The van der Waals surface area contributed by atoms with Crippen molar-refractivity contribution in [1.29, 1.82) is 0 Å². The molecule has 4 nitrogen and oxygen atoms in total. The molecule has 61 heavy (non-hydrogen) atoms. The molecule has 0 aromatic heterocycles. The van der Waals surface area contributed by atoms with Crippen molar-refractivity contribution in [3.8, 4) is 0 Å². The Morgan fingerprint density at radius 3 is 1.03 bits per heavy atom. The standard InChI is InChI=1S/C57H108O4/c1-3-5-7-9-11-13-15-17-19-21-23-25-27-28-29-31-33-35-37-39-41-43-45-47-49-51-53-60-55-56(54-58)61-57(59)52-50-48-46-44-42-40-38-36-34-32-30-26-24-22-20-18-16-14-12-10-8-6-4-2/h15,17,21-24,56,58H,3-14,16,18-20,25-55H2,1-2H3/b17-15-,23-21-,24-22-. The summed E-state index contributed by atoms with van der Waals surface area (Å²) >= 11 is 0. The van der Waals surface area contributed by atoms with Gasteiger partial charge in [-0.2, -0.15) is 0 Å². The summed E-state index contributed by atoms with van der Waals surface area (Å²) in [4.78, 5) is 12.3. The van der Waals surface area contributed by atoms with Crippen LogP contribution in [0.2, 0.25) is 0 Å². The summed E-state index contributed by atoms with van der Waals surface area (Å²) in [6, 6.07) is 0. The van der Waals surface area contributed by atoms with E-state index < -0.39 is 6.10 Å². The molecule has 0 aliphatic rings. The highest BCUT2D eigenvalue weighted by Gasteiger charge is 2.13. The van der Waals surface area contributed by atoms with Crippen molar-refractivity contribution >= 4 is 5.97 Å². The average molecular weight is 857 g/mol. The SMILES string of the molecule is CCCCCCC/C=C\C/C=C\CCCCCCCCCCCCCCCCOCC(CO)OC(=O)CCCCCCCCCCCCC/C=C\CCCCCCCCCC. The van der Waals surface area contributed by atoms with Crippen molar-refractivity contribution in [2.24, 2.45) is 0 Å². The van der Waals surface area contributed by atoms with Gasteiger partial charge in [-0.15, -0.1) is 0 Å². The van der Waals surface area contributed by atoms with Crippen LogP contribution in [0.4, 0.5) is 0 Å². The molecule has 0 fully saturated rings. The maximum Gasteiger partial charge on any atom is 0.306 e. The summed E-state index contributed by atoms with van der Waals surface area (Å²) in [6.07, 6.45) is 71.1. The molecule has 1 atom stereocenters. The molecule has 0 saturated heterocycles. The van der Waals surface area contributed by atoms with Gasteiger partial charge < -0.3 is 14.6 Å². The van der Waals surface area contributed by atoms with Crippen LogP contribution in [0.25, 0.3) is 0 Å². The van der Waals surface area contributed by atoms with E-state index in [9.17, 15) is 9.90 Å². The van der Waals surface area contributed by atoms with Crippen LogP contribution in [0.5, 0.6) is 0 Å². The Balaban J connectivity index is 3.37. The molecule has 0 amide bonds. The van der Waals surface area contributed by atoms with Crippen LogP contribution in [-0.2, 0) is 14.3 Å². The largest absolute Gasteiger partial charge is 0.457 e. The molecule has 0 aromatic carbocycles. The molecule has 1 N–H and O–H groups in total. The van der Waals surface area contributed by atoms with Gasteiger partial charge in [0.1, 0.15) is 6.10 Å². The third-order valence-corrected chi connectivity index (χ3v) is 12.4. The number of ether oxygens (including phenoxy) is 2. The number of unbranched alkanes of at least 4 members (excludes halogenated alkanes) is 38. The van der Waals surface area contributed by atoms with E-state index in [1.807, 2.05) is 0 Å². The molecule has 0 saturated carbocycles. The Hall–Kier alpha value is -1.39. The highest BCUT2D eigenvalue weighted by molar-refractivity contribution is 5.69. The first-order valence-electron chi connectivity index (χ1n) is 27.6. The molecule has 4 heteroatoms. The number of rotatable bonds is 52. The van der Waals surface area contributed by atoms with Gasteiger partial charge in [0.2, 0.25) is 0 Å². The van der Waals surface area contributed by atoms with Gasteiger partial charge in [0.15, 0.2) is 0 Å². The van der Waals surface area contributed by atoms with Crippen molar-refractivity contribution in [3.05, 3.63) is 36.5 Å². The molecule has 0 radical (unpaired) electrons. The predicted molar refractivity (Wildman–Crippen MR) is 270 cm³/mol. The first-order valence-corrected chi connectivity index (χ1v) is 27.6. The minimum atomic E-state index is -0.534. The summed E-state index contributed by atoms with van der Waals surface area (Å²) in [5, 5.41) is 9.67. The molecular formula is C57H108O4. The molecule has 0 bridgehead atoms. The minimum Gasteiger partial charge on any atom is -0.457 e. The highest BCUT2D eigenvalue weighted by Crippen LogP contribution is 2.16. The third kappa shape index (κ3) is 52.9. The first kappa shape index (κ1) is 59.6. The number of carbonyl (C=O) groups excluding carboxylic acids is 1. The monoisotopic (exact) mass is 857 g/mol. The van der Waals surface area contributed by atoms with Crippen LogP contribution >= 0.6 is 0 Å². The Morgan fingerprint density at radius 2 is 0.689 bits per heavy atom. The Kier molecular flexibility index (Phi) is 53.5. The molecule has 360 valence electrons. The van der Waals surface area contributed by atoms with Crippen molar-refractivity contribution in [2.75, 3.05) is 19.8 Å². The highest BCUT2D eigenvalue weighted by atomic mass is 16.6. The van der Waals surface area contributed by atoms with E-state index in [1.165, 1.54) is 250 Å². The summed E-state index contributed by atoms with van der Waals surface area (Å²) in [7, 11) is 0. The average Bonchev–Trinajstić information content (AvgIpc) is 3.27. The lowest BCUT2D eigenvalue weighted by Gasteiger charge is -2.16. The Bertz CT molecular complexity index is 909. The Labute approximate surface area is 382 Å². The summed E-state index contributed by atoms with van der Waals surface area (Å²) in [5.41, 5.74) is 0. The van der Waals surface area contributed by atoms with Gasteiger partial charge in [-0.25, -0.2) is 0 Å². The number of aliphatic hydroxyl groups is 1. The van der Waals surface area contributed by atoms with Crippen molar-refractivity contribution in [1.82, 2.24) is 0 Å². The molecular weight excluding hydrogens is 749 g/mol. The molecule has 0 aliphatic carbocycles. The third-order valence-electron chi connectivity index (χ3n) is 12.4. The second kappa shape index (κ2) is 54.7. The van der Waals surface area contributed by atoms with Gasteiger partial charge >= 0.3 is 5.97 Å². The topological polar surface area (TPSA) is 55.8 Å². The maximum atomic E-state index is 12.3. The zero-order chi connectivity index (χ0) is 44.0. The second-order valence-corrected chi connectivity index (χ2v) is 18.7. The summed E-state index contributed by atoms with van der Waals surface area (Å²) in [6.45, 7) is 5.38. The first-order chi connectivity index (χ1) is 30.2. The van der Waals surface area contributed by atoms with Crippen molar-refractivity contribution < 1.29 is 19.4 Å². The maximum absolute atomic E-state index is 12.3. The lowest BCUT2D eigenvalue weighted by atomic mass is 10.0. The fraction of sp³-hybridized carbons (Fsp3) is 0.877. The molecule has 0 spiro atoms. The van der Waals surface area contributed by atoms with Crippen molar-refractivity contribution in [3.63, 3.8) is 0 Å². The van der Waals surface area contributed by atoms with Crippen LogP contribution in [0, 0.1) is 0 Å². The summed E-state index contributed by atoms with van der Waals surface area (Å²) < 4.78 is 11.2. The number of esters is 1. The zero-order valence-corrected chi connectivity index (χ0v) is 41.4. The van der Waals surface area contributed by atoms with Gasteiger partial charge in [-0.3, -0.25) is 4.79 Å². The predicted octanol–water partition coefficient (Wildman–Crippen LogP) is 18.8. The van der Waals surface area contributed by atoms with Gasteiger partial charge in [-0.1, -0.05) is 256 Å². The lowest BCUT2D eigenvalue weighted by Crippen LogP contribution is -2.27. The van der Waals surface area contributed by atoms with Gasteiger partial charge in [0.05, 0.1) is 13.2 Å². The second-order valence-electron chi connectivity index (χ2n) is 18.7. The van der Waals surface area contributed by atoms with Crippen LogP contribution in [-0.4, -0.2) is 37.0 Å². The van der Waals surface area contributed by atoms with Crippen LogP contribution < -0.4 is 0 Å². The van der Waals surface area contributed by atoms with E-state index in [0.29, 0.717) is 19.6 Å². The van der Waals surface area contributed by atoms with Crippen LogP contribution in [0.1, 0.15) is 296 Å². The Morgan fingerprint density at radius 1 is 0.393 bits per heavy atom. The molecule has 0 aromatic rings. The fourth-order valence-corrected chi connectivity index (χ4v) is 8.30. The van der Waals surface area contributed by atoms with Gasteiger partial charge in [0.25, 0.3) is 0 Å². The molecule has 0 rings (SSSR count). The lowest BCUT2D eigenvalue weighted by molar-refractivity contribution is -0.154. The number of allylic oxidation sites excluding steroid dienone is 6. The molecule has 1 unspecified atom stereocenters. The number of carbonyl (C=O) groups is 1. The number of aliphatic hydroxyl groups excluding tert-OH is 1.